The summed E-state index contributed by atoms with van der Waals surface area (Å²) in [6, 6.07) is 83.3. The molecule has 2 aliphatic heterocycles. The largest absolute Gasteiger partial charge is 0.375 e. The fourth-order valence-electron chi connectivity index (χ4n) is 14.0. The fourth-order valence-corrected chi connectivity index (χ4v) is 14.0. The van der Waals surface area contributed by atoms with Gasteiger partial charge in [0.05, 0.1) is 0 Å². The van der Waals surface area contributed by atoms with Crippen LogP contribution >= 0.6 is 0 Å². The molecule has 0 amide bonds. The monoisotopic (exact) mass is 1060 g/mol. The molecule has 0 aliphatic carbocycles. The quantitative estimate of drug-likeness (QED) is 0.121. The van der Waals surface area contributed by atoms with E-state index in [1.54, 1.807) is 0 Å². The highest BCUT2D eigenvalue weighted by atomic mass is 15.2. The number of aromatic nitrogens is 1. The maximum Gasteiger partial charge on any atom is 0.333 e. The molecule has 11 aromatic carbocycles. The number of nitrogens with zero attached hydrogens (tertiary/aromatic N) is 3. The maximum atomic E-state index is 2.77. The van der Waals surface area contributed by atoms with Crippen LogP contribution in [-0.4, -0.2) is 11.3 Å². The number of benzene rings is 11. The van der Waals surface area contributed by atoms with Crippen LogP contribution in [0.15, 0.2) is 218 Å². The zero-order valence-corrected chi connectivity index (χ0v) is 49.7. The van der Waals surface area contributed by atoms with Crippen LogP contribution in [0.5, 0.6) is 0 Å². The second-order valence-electron chi connectivity index (χ2n) is 27.4. The van der Waals surface area contributed by atoms with Crippen molar-refractivity contribution in [3.8, 4) is 33.4 Å². The van der Waals surface area contributed by atoms with Crippen molar-refractivity contribution < 1.29 is 0 Å². The second-order valence-corrected chi connectivity index (χ2v) is 27.4. The van der Waals surface area contributed by atoms with Crippen molar-refractivity contribution in [1.29, 1.82) is 0 Å². The molecule has 1 aromatic heterocycles. The molecule has 4 heteroatoms. The van der Waals surface area contributed by atoms with Crippen molar-refractivity contribution in [1.82, 2.24) is 4.48 Å². The lowest BCUT2D eigenvalue weighted by atomic mass is 9.44. The van der Waals surface area contributed by atoms with Gasteiger partial charge in [0.15, 0.2) is 0 Å². The van der Waals surface area contributed by atoms with Crippen molar-refractivity contribution in [3.05, 3.63) is 241 Å². The average Bonchev–Trinajstić information content (AvgIpc) is 1.42. The molecule has 2 aliphatic rings. The second kappa shape index (κ2) is 18.5. The van der Waals surface area contributed by atoms with E-state index in [0.717, 1.165) is 22.7 Å². The lowest BCUT2D eigenvalue weighted by Gasteiger charge is -2.42. The van der Waals surface area contributed by atoms with Crippen LogP contribution in [0.4, 0.5) is 34.1 Å². The van der Waals surface area contributed by atoms with E-state index in [4.69, 9.17) is 0 Å². The number of para-hydroxylation sites is 2. The number of rotatable bonds is 6. The lowest BCUT2D eigenvalue weighted by Crippen LogP contribution is -2.56. The van der Waals surface area contributed by atoms with E-state index in [0.29, 0.717) is 0 Å². The van der Waals surface area contributed by atoms with Crippen LogP contribution in [0.25, 0.3) is 76.7 Å². The van der Waals surface area contributed by atoms with Gasteiger partial charge in [0.25, 0.3) is 0 Å². The van der Waals surface area contributed by atoms with Gasteiger partial charge in [0, 0.05) is 61.5 Å². The molecule has 0 atom stereocenters. The third-order valence-corrected chi connectivity index (χ3v) is 17.7. The summed E-state index contributed by atoms with van der Waals surface area (Å²) in [5.74, 6) is 0. The molecule has 0 spiro atoms. The summed E-state index contributed by atoms with van der Waals surface area (Å²) in [7, 11) is 0. The molecule has 82 heavy (non-hydrogen) atoms. The van der Waals surface area contributed by atoms with E-state index < -0.39 is 0 Å². The number of hydrogen-bond donors (Lipinski definition) is 0. The summed E-state index contributed by atoms with van der Waals surface area (Å²) in [5, 5.41) is 7.92. The zero-order valence-electron chi connectivity index (χ0n) is 49.7. The van der Waals surface area contributed by atoms with Crippen molar-refractivity contribution >= 4 is 95.2 Å². The molecular weight excluding hydrogens is 990 g/mol. The Morgan fingerprint density at radius 1 is 0.341 bits per heavy atom. The Bertz CT molecular complexity index is 4430. The number of fused-ring (bicyclic) bond motifs is 9. The van der Waals surface area contributed by atoms with Crippen LogP contribution in [-0.2, 0) is 21.7 Å². The predicted molar refractivity (Wildman–Crippen MR) is 355 cm³/mol. The first kappa shape index (κ1) is 51.5. The van der Waals surface area contributed by atoms with Crippen LogP contribution in [0.3, 0.4) is 0 Å². The van der Waals surface area contributed by atoms with E-state index in [1.165, 1.54) is 121 Å². The highest BCUT2D eigenvalue weighted by molar-refractivity contribution is 6.90. The molecule has 0 N–H and O–H groups in total. The first-order valence-electron chi connectivity index (χ1n) is 29.5. The minimum atomic E-state index is -0.193. The van der Waals surface area contributed by atoms with Gasteiger partial charge in [0.2, 0.25) is 0 Å². The molecular formula is C78H72BN3. The molecule has 0 fully saturated rings. The van der Waals surface area contributed by atoms with Crippen molar-refractivity contribution in [2.45, 2.75) is 105 Å². The molecule has 12 aromatic rings. The minimum Gasteiger partial charge on any atom is -0.375 e. The Hall–Kier alpha value is -8.60. The number of hydrogen-bond acceptors (Lipinski definition) is 2. The Kier molecular flexibility index (Phi) is 11.6. The van der Waals surface area contributed by atoms with Gasteiger partial charge in [-0.1, -0.05) is 217 Å². The molecule has 0 bridgehead atoms. The average molecular weight is 1060 g/mol. The lowest BCUT2D eigenvalue weighted by molar-refractivity contribution is 0.590. The minimum absolute atomic E-state index is 0.0444. The first-order valence-corrected chi connectivity index (χ1v) is 29.5. The Morgan fingerprint density at radius 2 is 0.841 bits per heavy atom. The summed E-state index contributed by atoms with van der Waals surface area (Å²) in [6.45, 7) is 28.5. The van der Waals surface area contributed by atoms with Crippen LogP contribution in [0.1, 0.15) is 105 Å². The maximum absolute atomic E-state index is 2.77. The van der Waals surface area contributed by atoms with Crippen molar-refractivity contribution in [2.24, 2.45) is 0 Å². The van der Waals surface area contributed by atoms with Gasteiger partial charge < -0.3 is 14.3 Å². The molecule has 3 nitrogen and oxygen atoms in total. The summed E-state index contributed by atoms with van der Waals surface area (Å²) in [4.78, 5) is 5.15. The Balaban J connectivity index is 1.22. The third-order valence-electron chi connectivity index (χ3n) is 17.7. The molecule has 0 radical (unpaired) electrons. The molecule has 0 saturated heterocycles. The van der Waals surface area contributed by atoms with E-state index in [1.807, 2.05) is 0 Å². The van der Waals surface area contributed by atoms with E-state index in [-0.39, 0.29) is 28.5 Å². The third kappa shape index (κ3) is 8.23. The molecule has 14 rings (SSSR count). The zero-order chi connectivity index (χ0) is 56.8. The van der Waals surface area contributed by atoms with Gasteiger partial charge in [-0.05, 0) is 189 Å². The summed E-state index contributed by atoms with van der Waals surface area (Å²) < 4.78 is 2.77. The topological polar surface area (TPSA) is 11.4 Å². The smallest absolute Gasteiger partial charge is 0.333 e. The van der Waals surface area contributed by atoms with Gasteiger partial charge in [-0.2, -0.15) is 0 Å². The van der Waals surface area contributed by atoms with Crippen LogP contribution in [0.2, 0.25) is 0 Å². The molecule has 0 unspecified atom stereocenters. The SMILES string of the molecule is CC(C)(C)c1ccc2c(c1)c1cc(C(C)(C)C)cc3c1n2B1c2cc4c(C(C)(C)C)c5ccccc5c(C(C)(C)C)c4cc2N(c2cc(-c4ccccc4)cc(-c4ccccc4)c2)c2cc(N(c4ccccc4)c4ccccc4)cc-3c21. The molecule has 0 saturated carbocycles. The molecule has 3 heterocycles. The summed E-state index contributed by atoms with van der Waals surface area (Å²) in [6.07, 6.45) is 0. The van der Waals surface area contributed by atoms with E-state index in [9.17, 15) is 0 Å². The normalized spacial score (nSPS) is 13.3. The van der Waals surface area contributed by atoms with Gasteiger partial charge >= 0.3 is 6.85 Å². The predicted octanol–water partition coefficient (Wildman–Crippen LogP) is 20.5. The fraction of sp³-hybridized carbons (Fsp3) is 0.205. The van der Waals surface area contributed by atoms with Crippen LogP contribution in [0, 0.1) is 0 Å². The highest BCUT2D eigenvalue weighted by Gasteiger charge is 2.45. The van der Waals surface area contributed by atoms with Gasteiger partial charge in [-0.15, -0.1) is 0 Å². The van der Waals surface area contributed by atoms with E-state index >= 15 is 0 Å². The van der Waals surface area contributed by atoms with Crippen LogP contribution < -0.4 is 20.7 Å². The Labute approximate surface area is 485 Å². The molecule has 402 valence electrons. The van der Waals surface area contributed by atoms with Gasteiger partial charge in [-0.3, -0.25) is 0 Å². The van der Waals surface area contributed by atoms with Gasteiger partial charge in [-0.25, -0.2) is 0 Å². The Morgan fingerprint density at radius 3 is 1.37 bits per heavy atom. The van der Waals surface area contributed by atoms with E-state index in [2.05, 4.69) is 316 Å². The summed E-state index contributed by atoms with van der Waals surface area (Å²) >= 11 is 0. The van der Waals surface area contributed by atoms with Gasteiger partial charge in [0.1, 0.15) is 0 Å². The number of anilines is 6. The highest BCUT2D eigenvalue weighted by Crippen LogP contribution is 2.53. The van der Waals surface area contributed by atoms with Crippen molar-refractivity contribution in [3.63, 3.8) is 0 Å². The summed E-state index contributed by atoms with van der Waals surface area (Å²) in [5.41, 5.74) is 24.1. The standard InChI is InChI=1S/C78H72BN3/c1-75(2,3)53-37-38-68-61(42-53)65-43-54(76(4,5)6)44-66-64-45-58(80(55-31-21-15-22-32-55)56-33-23-16-24-34-56)46-70-73(64)79(82(68)74(65)66)67-47-62-63(72(78(10,11)12)60-36-26-25-35-59(60)71(62)77(7,8)9)48-69(67)81(70)57-40-51(49-27-17-13-18-28-49)39-52(41-57)50-29-19-14-20-30-50/h13-48H,1-12H3. The first-order chi connectivity index (χ1) is 39.2. The van der Waals surface area contributed by atoms with Crippen molar-refractivity contribution in [2.75, 3.05) is 9.80 Å².